The molecule has 1 saturated heterocycles. The van der Waals surface area contributed by atoms with Gasteiger partial charge >= 0.3 is 0 Å². The zero-order valence-corrected chi connectivity index (χ0v) is 16.0. The van der Waals surface area contributed by atoms with Crippen LogP contribution in [0.5, 0.6) is 0 Å². The molecule has 1 fully saturated rings. The molecule has 0 bridgehead atoms. The monoisotopic (exact) mass is 357 g/mol. The van der Waals surface area contributed by atoms with Crippen molar-refractivity contribution in [3.8, 4) is 0 Å². The number of carbonyl (C=O) groups excluding carboxylic acids is 1. The van der Waals surface area contributed by atoms with Crippen LogP contribution in [0.25, 0.3) is 0 Å². The van der Waals surface area contributed by atoms with E-state index in [0.717, 1.165) is 18.7 Å². The fraction of sp³-hybridized carbons (Fsp3) is 0.500. The number of hydrogen-bond donors (Lipinski definition) is 0. The van der Waals surface area contributed by atoms with Gasteiger partial charge in [0.05, 0.1) is 18.8 Å². The summed E-state index contributed by atoms with van der Waals surface area (Å²) >= 11 is 1.77. The largest absolute Gasteiger partial charge is 0.332 e. The molecule has 5 heteroatoms. The van der Waals surface area contributed by atoms with E-state index in [9.17, 15) is 4.79 Å². The van der Waals surface area contributed by atoms with E-state index >= 15 is 0 Å². The molecular formula is C20H27N3OS. The maximum absolute atomic E-state index is 13.0. The molecule has 4 nitrogen and oxygen atoms in total. The summed E-state index contributed by atoms with van der Waals surface area (Å²) in [5.41, 5.74) is 0.945. The molecule has 0 aliphatic carbocycles. The van der Waals surface area contributed by atoms with Gasteiger partial charge in [-0.25, -0.2) is 0 Å². The Bertz CT molecular complexity index is 685. The van der Waals surface area contributed by atoms with Crippen molar-refractivity contribution in [1.29, 1.82) is 0 Å². The van der Waals surface area contributed by atoms with Gasteiger partial charge in [-0.2, -0.15) is 0 Å². The first-order valence-corrected chi connectivity index (χ1v) is 9.86. The van der Waals surface area contributed by atoms with Gasteiger partial charge in [0.2, 0.25) is 5.91 Å². The van der Waals surface area contributed by atoms with Crippen LogP contribution in [-0.4, -0.2) is 40.3 Å². The summed E-state index contributed by atoms with van der Waals surface area (Å²) in [6.45, 7) is 4.45. The minimum atomic E-state index is 0.232. The van der Waals surface area contributed by atoms with Crippen LogP contribution >= 0.6 is 11.3 Å². The zero-order valence-electron chi connectivity index (χ0n) is 15.1. The minimum absolute atomic E-state index is 0.232. The number of likely N-dealkylation sites (tertiary alicyclic amines) is 1. The smallest absolute Gasteiger partial charge is 0.224 e. The van der Waals surface area contributed by atoms with Gasteiger partial charge in [-0.3, -0.25) is 9.78 Å². The third-order valence-corrected chi connectivity index (χ3v) is 5.89. The highest BCUT2D eigenvalue weighted by Gasteiger charge is 2.25. The number of hydrogen-bond acceptors (Lipinski definition) is 4. The number of pyridine rings is 1. The van der Waals surface area contributed by atoms with E-state index in [-0.39, 0.29) is 5.91 Å². The van der Waals surface area contributed by atoms with Gasteiger partial charge in [0.1, 0.15) is 0 Å². The lowest BCUT2D eigenvalue weighted by Gasteiger charge is -2.33. The van der Waals surface area contributed by atoms with Gasteiger partial charge in [-0.15, -0.1) is 11.3 Å². The highest BCUT2D eigenvalue weighted by atomic mass is 32.1. The molecule has 2 aromatic heterocycles. The van der Waals surface area contributed by atoms with Crippen LogP contribution in [0.15, 0.2) is 36.5 Å². The highest BCUT2D eigenvalue weighted by Crippen LogP contribution is 2.22. The molecule has 3 heterocycles. The lowest BCUT2D eigenvalue weighted by molar-refractivity contribution is -0.134. The number of aromatic nitrogens is 1. The van der Waals surface area contributed by atoms with E-state index in [1.165, 1.54) is 22.6 Å². The zero-order chi connectivity index (χ0) is 17.6. The number of piperidine rings is 1. The predicted molar refractivity (Wildman–Crippen MR) is 102 cm³/mol. The van der Waals surface area contributed by atoms with Gasteiger partial charge in [0, 0.05) is 28.4 Å². The molecule has 0 aromatic carbocycles. The number of rotatable bonds is 6. The van der Waals surface area contributed by atoms with Crippen molar-refractivity contribution in [2.45, 2.75) is 51.7 Å². The molecule has 0 saturated carbocycles. The molecule has 0 N–H and O–H groups in total. The average molecular weight is 358 g/mol. The number of nitrogens with zero attached hydrogens (tertiary/aromatic N) is 3. The Morgan fingerprint density at radius 2 is 2.16 bits per heavy atom. The molecule has 0 radical (unpaired) electrons. The first kappa shape index (κ1) is 18.1. The summed E-state index contributed by atoms with van der Waals surface area (Å²) < 4.78 is 0. The van der Waals surface area contributed by atoms with E-state index in [0.29, 0.717) is 25.6 Å². The molecule has 0 spiro atoms. The van der Waals surface area contributed by atoms with Crippen molar-refractivity contribution < 1.29 is 4.79 Å². The lowest BCUT2D eigenvalue weighted by Crippen LogP contribution is -2.41. The van der Waals surface area contributed by atoms with Crippen LogP contribution in [-0.2, 0) is 17.9 Å². The molecule has 1 amide bonds. The van der Waals surface area contributed by atoms with Crippen LogP contribution < -0.4 is 0 Å². The summed E-state index contributed by atoms with van der Waals surface area (Å²) in [5, 5.41) is 0. The van der Waals surface area contributed by atoms with Crippen LogP contribution in [0.2, 0.25) is 0 Å². The quantitative estimate of drug-likeness (QED) is 0.788. The second-order valence-electron chi connectivity index (χ2n) is 6.92. The summed E-state index contributed by atoms with van der Waals surface area (Å²) in [5.74, 6) is 0.232. The predicted octanol–water partition coefficient (Wildman–Crippen LogP) is 3.85. The van der Waals surface area contributed by atoms with Gasteiger partial charge < -0.3 is 9.80 Å². The van der Waals surface area contributed by atoms with Crippen molar-refractivity contribution in [3.63, 3.8) is 0 Å². The molecule has 1 aliphatic heterocycles. The normalized spacial score (nSPS) is 18.2. The number of carbonyl (C=O) groups is 1. The Kier molecular flexibility index (Phi) is 6.21. The SMILES string of the molecule is Cc1ccc(CN(Cc2ccccn2)C(=O)C[C@H]2CCCCN2C)s1. The van der Waals surface area contributed by atoms with Gasteiger partial charge in [-0.05, 0) is 57.6 Å². The summed E-state index contributed by atoms with van der Waals surface area (Å²) in [6, 6.07) is 10.5. The number of aryl methyl sites for hydroxylation is 1. The molecular weight excluding hydrogens is 330 g/mol. The summed E-state index contributed by atoms with van der Waals surface area (Å²) in [7, 11) is 2.14. The molecule has 1 atom stereocenters. The molecule has 0 unspecified atom stereocenters. The van der Waals surface area contributed by atoms with Crippen molar-refractivity contribution in [2.75, 3.05) is 13.6 Å². The van der Waals surface area contributed by atoms with Gasteiger partial charge in [0.25, 0.3) is 0 Å². The third kappa shape index (κ3) is 5.13. The Morgan fingerprint density at radius 1 is 1.28 bits per heavy atom. The Labute approximate surface area is 154 Å². The molecule has 2 aromatic rings. The van der Waals surface area contributed by atoms with E-state index in [1.807, 2.05) is 23.1 Å². The number of thiophene rings is 1. The second kappa shape index (κ2) is 8.59. The topological polar surface area (TPSA) is 36.4 Å². The van der Waals surface area contributed by atoms with Crippen molar-refractivity contribution in [3.05, 3.63) is 52.0 Å². The fourth-order valence-corrected chi connectivity index (χ4v) is 4.32. The van der Waals surface area contributed by atoms with Crippen LogP contribution in [0.3, 0.4) is 0 Å². The van der Waals surface area contributed by atoms with Crippen LogP contribution in [0, 0.1) is 6.92 Å². The van der Waals surface area contributed by atoms with Crippen LogP contribution in [0.1, 0.15) is 41.1 Å². The second-order valence-corrected chi connectivity index (χ2v) is 8.29. The van der Waals surface area contributed by atoms with Gasteiger partial charge in [0.15, 0.2) is 0 Å². The first-order chi connectivity index (χ1) is 12.1. The lowest BCUT2D eigenvalue weighted by atomic mass is 9.99. The van der Waals surface area contributed by atoms with Crippen molar-refractivity contribution in [1.82, 2.24) is 14.8 Å². The highest BCUT2D eigenvalue weighted by molar-refractivity contribution is 7.11. The summed E-state index contributed by atoms with van der Waals surface area (Å²) in [6.07, 6.45) is 5.99. The molecule has 3 rings (SSSR count). The van der Waals surface area contributed by atoms with Crippen molar-refractivity contribution >= 4 is 17.2 Å². The molecule has 134 valence electrons. The Hall–Kier alpha value is -1.72. The Morgan fingerprint density at radius 3 is 2.84 bits per heavy atom. The van der Waals surface area contributed by atoms with E-state index in [4.69, 9.17) is 0 Å². The molecule has 25 heavy (non-hydrogen) atoms. The minimum Gasteiger partial charge on any atom is -0.332 e. The van der Waals surface area contributed by atoms with Crippen molar-refractivity contribution in [2.24, 2.45) is 0 Å². The van der Waals surface area contributed by atoms with Crippen LogP contribution in [0.4, 0.5) is 0 Å². The first-order valence-electron chi connectivity index (χ1n) is 9.05. The average Bonchev–Trinajstić information content (AvgIpc) is 3.02. The summed E-state index contributed by atoms with van der Waals surface area (Å²) in [4.78, 5) is 24.3. The fourth-order valence-electron chi connectivity index (χ4n) is 3.41. The van der Waals surface area contributed by atoms with E-state index in [1.54, 1.807) is 17.5 Å². The number of amides is 1. The van der Waals surface area contributed by atoms with Gasteiger partial charge in [-0.1, -0.05) is 12.5 Å². The third-order valence-electron chi connectivity index (χ3n) is 4.91. The van der Waals surface area contributed by atoms with E-state index in [2.05, 4.69) is 36.0 Å². The Balaban J connectivity index is 1.71. The van der Waals surface area contributed by atoms with E-state index < -0.39 is 0 Å². The maximum atomic E-state index is 13.0. The maximum Gasteiger partial charge on any atom is 0.224 e. The standard InChI is InChI=1S/C20H27N3OS/c1-16-9-10-19(25-16)15-23(14-17-7-3-5-11-21-17)20(24)13-18-8-4-6-12-22(18)2/h3,5,7,9-11,18H,4,6,8,12-15H2,1-2H3/t18-/m1/s1. The molecule has 1 aliphatic rings.